The summed E-state index contributed by atoms with van der Waals surface area (Å²) < 4.78 is 20.9. The Morgan fingerprint density at radius 2 is 1.94 bits per heavy atom. The number of hydrogen-bond acceptors (Lipinski definition) is 8. The molecule has 0 saturated carbocycles. The molecule has 2 aromatic rings. The lowest BCUT2D eigenvalue weighted by Gasteiger charge is -2.36. The van der Waals surface area contributed by atoms with Crippen LogP contribution in [0, 0.1) is 5.82 Å². The molecule has 1 saturated heterocycles. The lowest BCUT2D eigenvalue weighted by Crippen LogP contribution is -2.46. The van der Waals surface area contributed by atoms with Crippen LogP contribution in [0.3, 0.4) is 0 Å². The molecule has 4 rings (SSSR count). The number of anilines is 4. The van der Waals surface area contributed by atoms with Gasteiger partial charge in [0.1, 0.15) is 18.2 Å². The number of nitrogens with zero attached hydrogens (tertiary/aromatic N) is 5. The van der Waals surface area contributed by atoms with Crippen LogP contribution in [0.2, 0.25) is 0 Å². The predicted octanol–water partition coefficient (Wildman–Crippen LogP) is 2.11. The van der Waals surface area contributed by atoms with Crippen LogP contribution in [0.15, 0.2) is 12.3 Å². The van der Waals surface area contributed by atoms with Gasteiger partial charge in [-0.3, -0.25) is 9.69 Å². The van der Waals surface area contributed by atoms with Gasteiger partial charge in [0.2, 0.25) is 5.91 Å². The number of rotatable bonds is 4. The molecule has 166 valence electrons. The van der Waals surface area contributed by atoms with Crippen LogP contribution in [-0.2, 0) is 21.6 Å². The van der Waals surface area contributed by atoms with Gasteiger partial charge in [-0.05, 0) is 27.7 Å². The van der Waals surface area contributed by atoms with Gasteiger partial charge in [0.25, 0.3) is 0 Å². The maximum atomic E-state index is 15.2. The lowest BCUT2D eigenvalue weighted by molar-refractivity contribution is -0.121. The van der Waals surface area contributed by atoms with Crippen molar-refractivity contribution in [3.63, 3.8) is 0 Å². The average molecular weight is 430 g/mol. The van der Waals surface area contributed by atoms with E-state index in [2.05, 4.69) is 20.3 Å². The number of morpholine rings is 1. The van der Waals surface area contributed by atoms with Crippen molar-refractivity contribution in [3.05, 3.63) is 29.5 Å². The van der Waals surface area contributed by atoms with Crippen LogP contribution >= 0.6 is 0 Å². The number of aliphatic hydroxyl groups excluding tert-OH is 1. The highest BCUT2D eigenvalue weighted by atomic mass is 19.1. The molecule has 2 aliphatic heterocycles. The molecule has 0 radical (unpaired) electrons. The Labute approximate surface area is 180 Å². The van der Waals surface area contributed by atoms with Gasteiger partial charge in [0.15, 0.2) is 17.5 Å². The third-order valence-corrected chi connectivity index (χ3v) is 5.67. The fourth-order valence-corrected chi connectivity index (χ4v) is 4.33. The second-order valence-electron chi connectivity index (χ2n) is 8.52. The molecule has 10 heteroatoms. The van der Waals surface area contributed by atoms with E-state index in [0.29, 0.717) is 30.3 Å². The Hall–Kier alpha value is -2.85. The first-order chi connectivity index (χ1) is 14.7. The van der Waals surface area contributed by atoms with Crippen molar-refractivity contribution in [1.82, 2.24) is 15.0 Å². The average Bonchev–Trinajstić information content (AvgIpc) is 2.92. The zero-order chi connectivity index (χ0) is 22.5. The number of halogens is 1. The fourth-order valence-electron chi connectivity index (χ4n) is 4.33. The minimum atomic E-state index is -0.939. The Morgan fingerprint density at radius 1 is 1.26 bits per heavy atom. The summed E-state index contributed by atoms with van der Waals surface area (Å²) in [6.07, 6.45) is 1.41. The Kier molecular flexibility index (Phi) is 5.30. The molecule has 0 unspecified atom stereocenters. The quantitative estimate of drug-likeness (QED) is 0.760. The van der Waals surface area contributed by atoms with Crippen molar-refractivity contribution >= 4 is 29.0 Å². The second kappa shape index (κ2) is 7.69. The monoisotopic (exact) mass is 430 g/mol. The summed E-state index contributed by atoms with van der Waals surface area (Å²) in [5, 5.41) is 12.5. The molecular weight excluding hydrogens is 403 g/mol. The smallest absolute Gasteiger partial charge is 0.243 e. The predicted molar refractivity (Wildman–Crippen MR) is 114 cm³/mol. The van der Waals surface area contributed by atoms with Gasteiger partial charge in [0.05, 0.1) is 35.1 Å². The number of ether oxygens (including phenoxy) is 1. The zero-order valence-corrected chi connectivity index (χ0v) is 18.3. The Balaban J connectivity index is 1.77. The lowest BCUT2D eigenvalue weighted by atomic mass is 9.87. The largest absolute Gasteiger partial charge is 0.388 e. The first-order valence-electron chi connectivity index (χ1n) is 10.3. The van der Waals surface area contributed by atoms with Crippen molar-refractivity contribution in [1.29, 1.82) is 0 Å². The molecule has 0 bridgehead atoms. The maximum absolute atomic E-state index is 15.2. The molecule has 2 aromatic heterocycles. The zero-order valence-electron chi connectivity index (χ0n) is 18.3. The SMILES string of the molecule is CNc1nc(CO)nc2c1C(C)(C)C(=O)N2c1cnc(N2C[C@@H](C)O[C@@H](C)C2)c(F)c1. The molecule has 2 atom stereocenters. The maximum Gasteiger partial charge on any atom is 0.243 e. The van der Waals surface area contributed by atoms with E-state index in [1.807, 2.05) is 18.7 Å². The number of pyridine rings is 1. The third kappa shape index (κ3) is 3.49. The highest BCUT2D eigenvalue weighted by molar-refractivity contribution is 6.12. The van der Waals surface area contributed by atoms with Gasteiger partial charge in [0, 0.05) is 26.2 Å². The summed E-state index contributed by atoms with van der Waals surface area (Å²) in [5.41, 5.74) is -0.0686. The normalized spacial score (nSPS) is 22.6. The first kappa shape index (κ1) is 21.4. The van der Waals surface area contributed by atoms with Gasteiger partial charge in [-0.1, -0.05) is 0 Å². The van der Waals surface area contributed by atoms with Gasteiger partial charge < -0.3 is 20.1 Å². The summed E-state index contributed by atoms with van der Waals surface area (Å²) in [4.78, 5) is 29.5. The molecule has 1 fully saturated rings. The van der Waals surface area contributed by atoms with Crippen LogP contribution in [0.5, 0.6) is 0 Å². The van der Waals surface area contributed by atoms with Crippen molar-refractivity contribution in [2.45, 2.75) is 51.9 Å². The summed E-state index contributed by atoms with van der Waals surface area (Å²) in [5.74, 6) is 0.373. The number of nitrogens with one attached hydrogen (secondary N) is 1. The van der Waals surface area contributed by atoms with Crippen molar-refractivity contribution < 1.29 is 19.0 Å². The number of amides is 1. The molecule has 0 aliphatic carbocycles. The van der Waals surface area contributed by atoms with E-state index in [4.69, 9.17) is 4.74 Å². The number of aromatic nitrogens is 3. The van der Waals surface area contributed by atoms with E-state index in [-0.39, 0.29) is 42.1 Å². The fraction of sp³-hybridized carbons (Fsp3) is 0.524. The standard InChI is InChI=1S/C21H27FN6O3/c1-11-8-27(9-12(2)31-11)18-14(22)6-13(7-24-18)28-19-16(21(3,4)20(28)30)17(23-5)25-15(10-29)26-19/h6-7,11-12,29H,8-10H2,1-5H3,(H,23,25,26)/t11-,12+. The van der Waals surface area contributed by atoms with E-state index < -0.39 is 11.2 Å². The minimum absolute atomic E-state index is 0.0361. The topological polar surface area (TPSA) is 104 Å². The van der Waals surface area contributed by atoms with E-state index in [1.165, 1.54) is 17.2 Å². The number of aliphatic hydroxyl groups is 1. The minimum Gasteiger partial charge on any atom is -0.388 e. The molecule has 0 spiro atoms. The number of fused-ring (bicyclic) bond motifs is 1. The number of hydrogen-bond donors (Lipinski definition) is 2. The molecule has 9 nitrogen and oxygen atoms in total. The molecule has 4 heterocycles. The van der Waals surface area contributed by atoms with Crippen LogP contribution in [-0.4, -0.2) is 58.3 Å². The van der Waals surface area contributed by atoms with Crippen molar-refractivity contribution in [2.24, 2.45) is 0 Å². The van der Waals surface area contributed by atoms with Gasteiger partial charge in [-0.2, -0.15) is 0 Å². The van der Waals surface area contributed by atoms with Crippen LogP contribution < -0.4 is 15.1 Å². The van der Waals surface area contributed by atoms with Crippen molar-refractivity contribution in [3.8, 4) is 0 Å². The van der Waals surface area contributed by atoms with Gasteiger partial charge >= 0.3 is 0 Å². The molecular formula is C21H27FN6O3. The Morgan fingerprint density at radius 3 is 2.52 bits per heavy atom. The molecule has 31 heavy (non-hydrogen) atoms. The van der Waals surface area contributed by atoms with Crippen LogP contribution in [0.4, 0.5) is 27.5 Å². The number of carbonyl (C=O) groups excluding carboxylic acids is 1. The summed E-state index contributed by atoms with van der Waals surface area (Å²) in [7, 11) is 1.69. The van der Waals surface area contributed by atoms with E-state index in [9.17, 15) is 9.90 Å². The van der Waals surface area contributed by atoms with Crippen LogP contribution in [0.25, 0.3) is 0 Å². The van der Waals surface area contributed by atoms with E-state index in [0.717, 1.165) is 0 Å². The van der Waals surface area contributed by atoms with E-state index >= 15 is 4.39 Å². The molecule has 2 N–H and O–H groups in total. The van der Waals surface area contributed by atoms with Crippen molar-refractivity contribution in [2.75, 3.05) is 35.3 Å². The van der Waals surface area contributed by atoms with Gasteiger partial charge in [-0.15, -0.1) is 0 Å². The second-order valence-corrected chi connectivity index (χ2v) is 8.52. The molecule has 2 aliphatic rings. The highest BCUT2D eigenvalue weighted by Crippen LogP contribution is 2.47. The third-order valence-electron chi connectivity index (χ3n) is 5.67. The molecule has 0 aromatic carbocycles. The van der Waals surface area contributed by atoms with Crippen LogP contribution in [0.1, 0.15) is 39.1 Å². The summed E-state index contributed by atoms with van der Waals surface area (Å²) in [6.45, 7) is 8.10. The Bertz CT molecular complexity index is 1020. The summed E-state index contributed by atoms with van der Waals surface area (Å²) in [6, 6.07) is 1.30. The number of carbonyl (C=O) groups is 1. The van der Waals surface area contributed by atoms with E-state index in [1.54, 1.807) is 20.9 Å². The molecule has 1 amide bonds. The summed E-state index contributed by atoms with van der Waals surface area (Å²) >= 11 is 0. The highest BCUT2D eigenvalue weighted by Gasteiger charge is 2.48. The first-order valence-corrected chi connectivity index (χ1v) is 10.3. The van der Waals surface area contributed by atoms with Gasteiger partial charge in [-0.25, -0.2) is 19.3 Å².